The number of likely N-dealkylation sites (tertiary alicyclic amines) is 1. The Balaban J connectivity index is 1.62. The fraction of sp³-hybridized carbons (Fsp3) is 0.375. The number of hydrogen-bond donors (Lipinski definition) is 1. The standard InChI is InChI=1S/C16H16Cl2N4O2S/c1-2-22-8-10(6-14(22)23)15(24)19-16-21-20-13(25-16)5-9-3-4-11(17)7-12(9)18/h3-4,7,10H,2,5-6,8H2,1H3,(H,19,21,24). The average molecular weight is 399 g/mol. The lowest BCUT2D eigenvalue weighted by atomic mass is 10.1. The highest BCUT2D eigenvalue weighted by atomic mass is 35.5. The summed E-state index contributed by atoms with van der Waals surface area (Å²) in [6.45, 7) is 2.97. The molecule has 1 aliphatic heterocycles. The van der Waals surface area contributed by atoms with E-state index in [1.54, 1.807) is 17.0 Å². The van der Waals surface area contributed by atoms with Gasteiger partial charge in [-0.3, -0.25) is 9.59 Å². The Hall–Kier alpha value is -1.70. The van der Waals surface area contributed by atoms with Crippen molar-refractivity contribution >= 4 is 51.5 Å². The molecule has 2 heterocycles. The lowest BCUT2D eigenvalue weighted by Gasteiger charge is -2.12. The number of carbonyl (C=O) groups excluding carboxylic acids is 2. The smallest absolute Gasteiger partial charge is 0.231 e. The van der Waals surface area contributed by atoms with Crippen LogP contribution in [0, 0.1) is 5.92 Å². The molecule has 9 heteroatoms. The summed E-state index contributed by atoms with van der Waals surface area (Å²) < 4.78 is 0. The zero-order valence-electron chi connectivity index (χ0n) is 13.5. The van der Waals surface area contributed by atoms with E-state index in [9.17, 15) is 9.59 Å². The molecule has 132 valence electrons. The van der Waals surface area contributed by atoms with E-state index in [0.29, 0.717) is 34.7 Å². The number of benzene rings is 1. The molecule has 1 saturated heterocycles. The summed E-state index contributed by atoms with van der Waals surface area (Å²) in [5.41, 5.74) is 0.889. The molecule has 0 aliphatic carbocycles. The van der Waals surface area contributed by atoms with E-state index >= 15 is 0 Å². The van der Waals surface area contributed by atoms with Crippen LogP contribution < -0.4 is 5.32 Å². The molecule has 1 unspecified atom stereocenters. The molecular weight excluding hydrogens is 383 g/mol. The fourth-order valence-electron chi connectivity index (χ4n) is 2.66. The van der Waals surface area contributed by atoms with Gasteiger partial charge in [0, 0.05) is 36.0 Å². The Morgan fingerprint density at radius 3 is 2.88 bits per heavy atom. The molecule has 0 saturated carbocycles. The Bertz CT molecular complexity index is 811. The molecule has 6 nitrogen and oxygen atoms in total. The minimum atomic E-state index is -0.342. The van der Waals surface area contributed by atoms with Gasteiger partial charge < -0.3 is 10.2 Å². The van der Waals surface area contributed by atoms with Gasteiger partial charge in [0.1, 0.15) is 5.01 Å². The van der Waals surface area contributed by atoms with E-state index in [-0.39, 0.29) is 24.2 Å². The van der Waals surface area contributed by atoms with E-state index in [1.165, 1.54) is 11.3 Å². The molecule has 1 aromatic heterocycles. The second kappa shape index (κ2) is 7.68. The predicted octanol–water partition coefficient (Wildman–Crippen LogP) is 3.24. The number of nitrogens with one attached hydrogen (secondary N) is 1. The van der Waals surface area contributed by atoms with Crippen molar-refractivity contribution in [3.63, 3.8) is 0 Å². The lowest BCUT2D eigenvalue weighted by Crippen LogP contribution is -2.28. The number of aromatic nitrogens is 2. The number of anilines is 1. The molecule has 0 spiro atoms. The number of rotatable bonds is 5. The van der Waals surface area contributed by atoms with E-state index in [1.807, 2.05) is 13.0 Å². The lowest BCUT2D eigenvalue weighted by molar-refractivity contribution is -0.128. The molecule has 0 bridgehead atoms. The van der Waals surface area contributed by atoms with Crippen LogP contribution in [0.4, 0.5) is 5.13 Å². The highest BCUT2D eigenvalue weighted by molar-refractivity contribution is 7.15. The second-order valence-electron chi connectivity index (χ2n) is 5.74. The normalized spacial score (nSPS) is 17.2. The summed E-state index contributed by atoms with van der Waals surface area (Å²) in [7, 11) is 0. The first-order chi connectivity index (χ1) is 12.0. The fourth-order valence-corrected chi connectivity index (χ4v) is 3.91. The van der Waals surface area contributed by atoms with Crippen molar-refractivity contribution in [1.29, 1.82) is 0 Å². The van der Waals surface area contributed by atoms with Gasteiger partial charge in [0.25, 0.3) is 0 Å². The third-order valence-electron chi connectivity index (χ3n) is 4.02. The van der Waals surface area contributed by atoms with Crippen LogP contribution in [-0.4, -0.2) is 40.0 Å². The van der Waals surface area contributed by atoms with Crippen LogP contribution in [0.1, 0.15) is 23.9 Å². The van der Waals surface area contributed by atoms with Crippen LogP contribution in [0.15, 0.2) is 18.2 Å². The van der Waals surface area contributed by atoms with E-state index in [2.05, 4.69) is 15.5 Å². The zero-order chi connectivity index (χ0) is 18.0. The van der Waals surface area contributed by atoms with Crippen LogP contribution in [0.3, 0.4) is 0 Å². The largest absolute Gasteiger partial charge is 0.342 e. The van der Waals surface area contributed by atoms with Crippen LogP contribution in [0.5, 0.6) is 0 Å². The molecule has 1 fully saturated rings. The van der Waals surface area contributed by atoms with Gasteiger partial charge in [-0.05, 0) is 24.6 Å². The molecule has 0 radical (unpaired) electrons. The third kappa shape index (κ3) is 4.29. The van der Waals surface area contributed by atoms with Gasteiger partial charge in [0.05, 0.1) is 5.92 Å². The van der Waals surface area contributed by atoms with Crippen molar-refractivity contribution in [2.24, 2.45) is 5.92 Å². The monoisotopic (exact) mass is 398 g/mol. The Morgan fingerprint density at radius 1 is 1.40 bits per heavy atom. The first-order valence-corrected chi connectivity index (χ1v) is 9.38. The van der Waals surface area contributed by atoms with Gasteiger partial charge in [-0.2, -0.15) is 0 Å². The van der Waals surface area contributed by atoms with Gasteiger partial charge in [0.2, 0.25) is 16.9 Å². The minimum absolute atomic E-state index is 0.0120. The Morgan fingerprint density at radius 2 is 2.20 bits per heavy atom. The van der Waals surface area contributed by atoms with Crippen LogP contribution in [0.2, 0.25) is 10.0 Å². The van der Waals surface area contributed by atoms with Crippen LogP contribution >= 0.6 is 34.5 Å². The summed E-state index contributed by atoms with van der Waals surface area (Å²) in [5, 5.41) is 13.1. The average Bonchev–Trinajstić information content (AvgIpc) is 3.16. The van der Waals surface area contributed by atoms with E-state index in [0.717, 1.165) is 10.6 Å². The maximum Gasteiger partial charge on any atom is 0.231 e. The molecule has 1 aromatic carbocycles. The SMILES string of the molecule is CCN1CC(C(=O)Nc2nnc(Cc3ccc(Cl)cc3Cl)s2)CC1=O. The van der Waals surface area contributed by atoms with E-state index in [4.69, 9.17) is 23.2 Å². The summed E-state index contributed by atoms with van der Waals surface area (Å²) in [6, 6.07) is 5.29. The van der Waals surface area contributed by atoms with Gasteiger partial charge in [-0.1, -0.05) is 40.6 Å². The Labute approximate surface area is 159 Å². The van der Waals surface area contributed by atoms with Crippen molar-refractivity contribution in [1.82, 2.24) is 15.1 Å². The predicted molar refractivity (Wildman–Crippen MR) is 98.2 cm³/mol. The van der Waals surface area contributed by atoms with Crippen molar-refractivity contribution in [2.75, 3.05) is 18.4 Å². The van der Waals surface area contributed by atoms with Crippen molar-refractivity contribution in [2.45, 2.75) is 19.8 Å². The van der Waals surface area contributed by atoms with Crippen molar-refractivity contribution < 1.29 is 9.59 Å². The first kappa shape index (κ1) is 18.1. The van der Waals surface area contributed by atoms with Crippen LogP contribution in [0.25, 0.3) is 0 Å². The topological polar surface area (TPSA) is 75.2 Å². The quantitative estimate of drug-likeness (QED) is 0.838. The molecular formula is C16H16Cl2N4O2S. The number of carbonyl (C=O) groups is 2. The summed E-state index contributed by atoms with van der Waals surface area (Å²) >= 11 is 13.3. The highest BCUT2D eigenvalue weighted by Gasteiger charge is 2.33. The number of amides is 2. The minimum Gasteiger partial charge on any atom is -0.342 e. The zero-order valence-corrected chi connectivity index (χ0v) is 15.8. The summed E-state index contributed by atoms with van der Waals surface area (Å²) in [4.78, 5) is 25.7. The molecule has 2 amide bonds. The molecule has 1 atom stereocenters. The molecule has 1 aliphatic rings. The summed E-state index contributed by atoms with van der Waals surface area (Å²) in [6.07, 6.45) is 0.751. The number of halogens is 2. The second-order valence-corrected chi connectivity index (χ2v) is 7.64. The van der Waals surface area contributed by atoms with Crippen molar-refractivity contribution in [3.05, 3.63) is 38.8 Å². The van der Waals surface area contributed by atoms with Gasteiger partial charge in [-0.15, -0.1) is 10.2 Å². The van der Waals surface area contributed by atoms with Gasteiger partial charge in [-0.25, -0.2) is 0 Å². The number of nitrogens with zero attached hydrogens (tertiary/aromatic N) is 3. The van der Waals surface area contributed by atoms with Gasteiger partial charge >= 0.3 is 0 Å². The maximum atomic E-state index is 12.3. The Kier molecular flexibility index (Phi) is 5.56. The highest BCUT2D eigenvalue weighted by Crippen LogP contribution is 2.26. The molecule has 25 heavy (non-hydrogen) atoms. The van der Waals surface area contributed by atoms with Crippen molar-refractivity contribution in [3.8, 4) is 0 Å². The molecule has 3 rings (SSSR count). The van der Waals surface area contributed by atoms with Gasteiger partial charge in [0.15, 0.2) is 0 Å². The maximum absolute atomic E-state index is 12.3. The first-order valence-electron chi connectivity index (χ1n) is 7.81. The summed E-state index contributed by atoms with van der Waals surface area (Å²) in [5.74, 6) is -0.528. The number of hydrogen-bond acceptors (Lipinski definition) is 5. The van der Waals surface area contributed by atoms with E-state index < -0.39 is 0 Å². The third-order valence-corrected chi connectivity index (χ3v) is 5.45. The van der Waals surface area contributed by atoms with Crippen LogP contribution in [-0.2, 0) is 16.0 Å². The molecule has 1 N–H and O–H groups in total. The molecule has 2 aromatic rings.